The van der Waals surface area contributed by atoms with Crippen LogP contribution in [-0.4, -0.2) is 21.2 Å². The van der Waals surface area contributed by atoms with Crippen molar-refractivity contribution in [2.24, 2.45) is 0 Å². The van der Waals surface area contributed by atoms with E-state index in [1.807, 2.05) is 0 Å². The Morgan fingerprint density at radius 2 is 2.33 bits per heavy atom. The summed E-state index contributed by atoms with van der Waals surface area (Å²) < 4.78 is 4.60. The fourth-order valence-electron chi connectivity index (χ4n) is 1.10. The van der Waals surface area contributed by atoms with Crippen molar-refractivity contribution in [3.63, 3.8) is 0 Å². The summed E-state index contributed by atoms with van der Waals surface area (Å²) >= 11 is 0. The van der Waals surface area contributed by atoms with Crippen molar-refractivity contribution < 1.29 is 45.4 Å². The number of hydrogen-bond acceptors (Lipinski definition) is 4. The molecule has 2 aromatic heterocycles. The Bertz CT molecular complexity index is 461. The Morgan fingerprint density at radius 3 is 2.93 bits per heavy atom. The second kappa shape index (κ2) is 5.06. The van der Waals surface area contributed by atoms with E-state index in [0.29, 0.717) is 11.3 Å². The van der Waals surface area contributed by atoms with Crippen molar-refractivity contribution in [2.75, 3.05) is 0 Å². The van der Waals surface area contributed by atoms with E-state index in [9.17, 15) is 4.79 Å². The van der Waals surface area contributed by atoms with Gasteiger partial charge in [0.15, 0.2) is 0 Å². The van der Waals surface area contributed by atoms with E-state index in [2.05, 4.69) is 14.7 Å². The van der Waals surface area contributed by atoms with E-state index in [0.717, 1.165) is 6.26 Å². The van der Waals surface area contributed by atoms with Crippen molar-refractivity contribution >= 4 is 5.97 Å². The van der Waals surface area contributed by atoms with E-state index < -0.39 is 5.97 Å². The largest absolute Gasteiger partial charge is 1.00 e. The first kappa shape index (κ1) is 11.9. The van der Waals surface area contributed by atoms with Crippen LogP contribution in [0, 0.1) is 0 Å². The Kier molecular flexibility index (Phi) is 4.02. The summed E-state index contributed by atoms with van der Waals surface area (Å²) in [6.45, 7) is 0. The van der Waals surface area contributed by atoms with Crippen molar-refractivity contribution in [1.82, 2.24) is 10.1 Å². The van der Waals surface area contributed by atoms with Crippen LogP contribution in [0.1, 0.15) is 11.8 Å². The molecule has 0 fully saturated rings. The van der Waals surface area contributed by atoms with Gasteiger partial charge in [0, 0.05) is 18.0 Å². The van der Waals surface area contributed by atoms with Gasteiger partial charge in [-0.1, -0.05) is 5.16 Å². The second-order valence-electron chi connectivity index (χ2n) is 2.62. The Balaban J connectivity index is 0.00000112. The topological polar surface area (TPSA) is 76.2 Å². The molecule has 2 aromatic rings. The molecule has 0 aliphatic rings. The molecule has 0 aromatic carbocycles. The summed E-state index contributed by atoms with van der Waals surface area (Å²) in [5.41, 5.74) is 0.960. The number of aromatic nitrogens is 2. The van der Waals surface area contributed by atoms with Gasteiger partial charge in [-0.25, -0.2) is 4.79 Å². The number of rotatable bonds is 2. The molecule has 0 bridgehead atoms. The number of carbonyl (C=O) groups is 1. The molecule has 0 aliphatic heterocycles. The molecule has 15 heavy (non-hydrogen) atoms. The van der Waals surface area contributed by atoms with Gasteiger partial charge in [0.25, 0.3) is 0 Å². The average molecular weight is 214 g/mol. The van der Waals surface area contributed by atoms with Crippen LogP contribution < -0.4 is 29.6 Å². The molecule has 0 radical (unpaired) electrons. The molecule has 72 valence electrons. The molecule has 1 N–H and O–H groups in total. The minimum absolute atomic E-state index is 0. The van der Waals surface area contributed by atoms with Gasteiger partial charge in [-0.2, -0.15) is 0 Å². The van der Waals surface area contributed by atoms with Gasteiger partial charge >= 0.3 is 35.5 Å². The van der Waals surface area contributed by atoms with Crippen LogP contribution in [-0.2, 0) is 0 Å². The number of carboxylic acid groups (broad SMARTS) is 1. The Morgan fingerprint density at radius 1 is 1.53 bits per heavy atom. The van der Waals surface area contributed by atoms with Gasteiger partial charge in [-0.15, -0.1) is 0 Å². The van der Waals surface area contributed by atoms with E-state index in [1.54, 1.807) is 18.3 Å². The third-order valence-electron chi connectivity index (χ3n) is 1.74. The van der Waals surface area contributed by atoms with Crippen molar-refractivity contribution in [1.29, 1.82) is 0 Å². The molecule has 0 aliphatic carbocycles. The smallest absolute Gasteiger partial charge is 1.00 e. The van der Waals surface area contributed by atoms with Crippen LogP contribution in [0.2, 0.25) is 0 Å². The number of pyridine rings is 1. The van der Waals surface area contributed by atoms with Crippen LogP contribution in [0.25, 0.3) is 11.3 Å². The van der Waals surface area contributed by atoms with Crippen LogP contribution in [0.5, 0.6) is 0 Å². The molecule has 0 amide bonds. The minimum Gasteiger partial charge on any atom is -1.00 e. The van der Waals surface area contributed by atoms with Gasteiger partial charge in [0.2, 0.25) is 0 Å². The minimum atomic E-state index is -1.06. The van der Waals surface area contributed by atoms with Gasteiger partial charge in [-0.3, -0.25) is 4.98 Å². The fourth-order valence-corrected chi connectivity index (χ4v) is 1.10. The molecule has 0 spiro atoms. The number of nitrogens with zero attached hydrogens (tertiary/aromatic N) is 2. The van der Waals surface area contributed by atoms with Gasteiger partial charge in [-0.05, 0) is 12.1 Å². The molecule has 0 atom stereocenters. The first-order valence-corrected chi connectivity index (χ1v) is 3.87. The van der Waals surface area contributed by atoms with Crippen LogP contribution >= 0.6 is 0 Å². The summed E-state index contributed by atoms with van der Waals surface area (Å²) in [6, 6.07) is 3.42. The van der Waals surface area contributed by atoms with E-state index in [-0.39, 0.29) is 36.5 Å². The maximum Gasteiger partial charge on any atom is 1.00 e. The molecular formula is C9H7N2NaO3. The molecule has 2 heterocycles. The van der Waals surface area contributed by atoms with E-state index in [1.165, 1.54) is 6.20 Å². The average Bonchev–Trinajstić information content (AvgIpc) is 2.67. The van der Waals surface area contributed by atoms with Gasteiger partial charge in [0.1, 0.15) is 17.5 Å². The molecule has 6 heteroatoms. The molecule has 2 rings (SSSR count). The number of hydrogen-bond donors (Lipinski definition) is 1. The third-order valence-corrected chi connectivity index (χ3v) is 1.74. The summed E-state index contributed by atoms with van der Waals surface area (Å²) in [6.07, 6.45) is 4.24. The predicted octanol–water partition coefficient (Wildman–Crippen LogP) is -1.45. The summed E-state index contributed by atoms with van der Waals surface area (Å²) in [4.78, 5) is 14.6. The standard InChI is InChI=1S/C9H6N2O3.Na.H/c12-9(13)7-5-14-11-8(7)6-2-1-3-10-4-6;;/h1-5H,(H,12,13);;/q;+1;-1. The fraction of sp³-hybridized carbons (Fsp3) is 0. The van der Waals surface area contributed by atoms with Crippen LogP contribution in [0.15, 0.2) is 35.3 Å². The van der Waals surface area contributed by atoms with Crippen molar-refractivity contribution in [3.05, 3.63) is 36.4 Å². The first-order chi connectivity index (χ1) is 6.79. The third kappa shape index (κ3) is 2.44. The number of carboxylic acids is 1. The van der Waals surface area contributed by atoms with Crippen molar-refractivity contribution in [3.8, 4) is 11.3 Å². The molecule has 0 saturated carbocycles. The zero-order valence-corrected chi connectivity index (χ0v) is 10.0. The monoisotopic (exact) mass is 214 g/mol. The normalized spacial score (nSPS) is 9.33. The van der Waals surface area contributed by atoms with E-state index >= 15 is 0 Å². The summed E-state index contributed by atoms with van der Waals surface area (Å²) in [7, 11) is 0. The quantitative estimate of drug-likeness (QED) is 0.619. The molecular weight excluding hydrogens is 207 g/mol. The predicted molar refractivity (Wildman–Crippen MR) is 47.8 cm³/mol. The maximum atomic E-state index is 10.7. The van der Waals surface area contributed by atoms with Crippen LogP contribution in [0.4, 0.5) is 0 Å². The SMILES string of the molecule is O=C(O)c1conc1-c1cccnc1.[H-].[Na+]. The van der Waals surface area contributed by atoms with Crippen LogP contribution in [0.3, 0.4) is 0 Å². The zero-order valence-electron chi connectivity index (χ0n) is 9.04. The molecule has 5 nitrogen and oxygen atoms in total. The Labute approximate surface area is 109 Å². The maximum absolute atomic E-state index is 10.7. The first-order valence-electron chi connectivity index (χ1n) is 3.87. The Hall–Kier alpha value is -1.17. The van der Waals surface area contributed by atoms with E-state index in [4.69, 9.17) is 5.11 Å². The molecule has 0 saturated heterocycles. The zero-order chi connectivity index (χ0) is 9.97. The summed E-state index contributed by atoms with van der Waals surface area (Å²) in [5, 5.41) is 12.4. The second-order valence-corrected chi connectivity index (χ2v) is 2.62. The number of aromatic carboxylic acids is 1. The van der Waals surface area contributed by atoms with Gasteiger partial charge in [0.05, 0.1) is 0 Å². The molecule has 0 unspecified atom stereocenters. The summed E-state index contributed by atoms with van der Waals surface area (Å²) in [5.74, 6) is -1.06. The van der Waals surface area contributed by atoms with Gasteiger partial charge < -0.3 is 11.1 Å². The van der Waals surface area contributed by atoms with Crippen molar-refractivity contribution in [2.45, 2.75) is 0 Å².